The molecular formula is C14H11FN2OS. The van der Waals surface area contributed by atoms with Crippen molar-refractivity contribution in [3.05, 3.63) is 52.0 Å². The second kappa shape index (κ2) is 6.14. The fraction of sp³-hybridized carbons (Fsp3) is 0.0714. The number of carbonyl (C=O) groups excluding carboxylic acids is 1. The van der Waals surface area contributed by atoms with Gasteiger partial charge in [0.05, 0.1) is 12.2 Å². The molecule has 0 fully saturated rings. The number of amides is 1. The van der Waals surface area contributed by atoms with E-state index in [9.17, 15) is 9.18 Å². The standard InChI is InChI=1S/C14H11FN2OS/c15-11-5-1-2-6-12(11)17-14(18)13-10(4-3-8-16)7-9-19-13/h1-2,5-7,9H,8,16H2,(H,17,18). The highest BCUT2D eigenvalue weighted by Gasteiger charge is 2.13. The van der Waals surface area contributed by atoms with E-state index in [1.165, 1.54) is 23.5 Å². The van der Waals surface area contributed by atoms with Crippen LogP contribution in [0, 0.1) is 17.7 Å². The van der Waals surface area contributed by atoms with Crippen molar-refractivity contribution in [2.45, 2.75) is 0 Å². The number of carbonyl (C=O) groups is 1. The lowest BCUT2D eigenvalue weighted by Gasteiger charge is -2.04. The first-order valence-corrected chi connectivity index (χ1v) is 6.42. The van der Waals surface area contributed by atoms with Crippen LogP contribution in [-0.2, 0) is 0 Å². The Labute approximate surface area is 114 Å². The summed E-state index contributed by atoms with van der Waals surface area (Å²) in [7, 11) is 0. The maximum absolute atomic E-state index is 13.4. The quantitative estimate of drug-likeness (QED) is 0.826. The van der Waals surface area contributed by atoms with Gasteiger partial charge in [-0.1, -0.05) is 24.0 Å². The van der Waals surface area contributed by atoms with Crippen LogP contribution in [-0.4, -0.2) is 12.5 Å². The van der Waals surface area contributed by atoms with E-state index >= 15 is 0 Å². The zero-order valence-electron chi connectivity index (χ0n) is 9.94. The first-order chi connectivity index (χ1) is 9.22. The molecule has 0 aliphatic rings. The number of rotatable bonds is 2. The lowest BCUT2D eigenvalue weighted by atomic mass is 10.2. The lowest BCUT2D eigenvalue weighted by Crippen LogP contribution is -2.12. The van der Waals surface area contributed by atoms with Gasteiger partial charge in [0.2, 0.25) is 0 Å². The molecule has 0 bridgehead atoms. The number of hydrogen-bond acceptors (Lipinski definition) is 3. The fourth-order valence-corrected chi connectivity index (χ4v) is 2.22. The molecule has 0 spiro atoms. The molecule has 1 heterocycles. The van der Waals surface area contributed by atoms with E-state index in [-0.39, 0.29) is 18.1 Å². The summed E-state index contributed by atoms with van der Waals surface area (Å²) < 4.78 is 13.4. The molecule has 0 aliphatic heterocycles. The number of halogens is 1. The van der Waals surface area contributed by atoms with Crippen LogP contribution < -0.4 is 11.1 Å². The Morgan fingerprint density at radius 2 is 2.16 bits per heavy atom. The summed E-state index contributed by atoms with van der Waals surface area (Å²) in [6.07, 6.45) is 0. The third kappa shape index (κ3) is 3.19. The highest BCUT2D eigenvalue weighted by atomic mass is 32.1. The van der Waals surface area contributed by atoms with Gasteiger partial charge in [-0.15, -0.1) is 11.3 Å². The summed E-state index contributed by atoms with van der Waals surface area (Å²) in [5, 5.41) is 4.29. The van der Waals surface area contributed by atoms with Crippen LogP contribution in [0.4, 0.5) is 10.1 Å². The number of thiophene rings is 1. The Kier molecular flexibility index (Phi) is 4.29. The summed E-state index contributed by atoms with van der Waals surface area (Å²) in [5.41, 5.74) is 6.05. The number of benzene rings is 1. The van der Waals surface area contributed by atoms with Crippen molar-refractivity contribution >= 4 is 22.9 Å². The molecule has 0 unspecified atom stereocenters. The normalized spacial score (nSPS) is 9.58. The highest BCUT2D eigenvalue weighted by Crippen LogP contribution is 2.19. The number of anilines is 1. The van der Waals surface area contributed by atoms with Gasteiger partial charge in [-0.05, 0) is 23.6 Å². The predicted octanol–water partition coefficient (Wildman–Crippen LogP) is 2.45. The number of nitrogens with two attached hydrogens (primary N) is 1. The molecule has 96 valence electrons. The smallest absolute Gasteiger partial charge is 0.267 e. The molecule has 1 aromatic heterocycles. The number of nitrogens with one attached hydrogen (secondary N) is 1. The first-order valence-electron chi connectivity index (χ1n) is 5.54. The van der Waals surface area contributed by atoms with Crippen LogP contribution in [0.3, 0.4) is 0 Å². The van der Waals surface area contributed by atoms with E-state index in [1.54, 1.807) is 23.6 Å². The van der Waals surface area contributed by atoms with Crippen molar-refractivity contribution in [3.63, 3.8) is 0 Å². The molecule has 1 amide bonds. The van der Waals surface area contributed by atoms with Gasteiger partial charge < -0.3 is 11.1 Å². The molecule has 2 rings (SSSR count). The van der Waals surface area contributed by atoms with Crippen LogP contribution >= 0.6 is 11.3 Å². The van der Waals surface area contributed by atoms with Gasteiger partial charge in [-0.3, -0.25) is 4.79 Å². The van der Waals surface area contributed by atoms with Crippen molar-refractivity contribution in [3.8, 4) is 11.8 Å². The average molecular weight is 274 g/mol. The maximum atomic E-state index is 13.4. The minimum atomic E-state index is -0.470. The van der Waals surface area contributed by atoms with Gasteiger partial charge in [-0.2, -0.15) is 0 Å². The van der Waals surface area contributed by atoms with Crippen LogP contribution in [0.25, 0.3) is 0 Å². The third-order valence-electron chi connectivity index (χ3n) is 2.32. The zero-order chi connectivity index (χ0) is 13.7. The second-order valence-corrected chi connectivity index (χ2v) is 4.52. The summed E-state index contributed by atoms with van der Waals surface area (Å²) in [6, 6.07) is 7.76. The summed E-state index contributed by atoms with van der Waals surface area (Å²) in [4.78, 5) is 12.5. The SMILES string of the molecule is NCC#Cc1ccsc1C(=O)Nc1ccccc1F. The summed E-state index contributed by atoms with van der Waals surface area (Å²) >= 11 is 1.26. The van der Waals surface area contributed by atoms with Gasteiger partial charge in [-0.25, -0.2) is 4.39 Å². The molecule has 3 nitrogen and oxygen atoms in total. The number of para-hydroxylation sites is 1. The average Bonchev–Trinajstić information content (AvgIpc) is 2.87. The lowest BCUT2D eigenvalue weighted by molar-refractivity contribution is 0.103. The topological polar surface area (TPSA) is 55.1 Å². The van der Waals surface area contributed by atoms with Gasteiger partial charge in [0.1, 0.15) is 10.7 Å². The Balaban J connectivity index is 2.22. The predicted molar refractivity (Wildman–Crippen MR) is 74.6 cm³/mol. The van der Waals surface area contributed by atoms with Crippen LogP contribution in [0.2, 0.25) is 0 Å². The van der Waals surface area contributed by atoms with Crippen molar-refractivity contribution in [1.29, 1.82) is 0 Å². The van der Waals surface area contributed by atoms with Gasteiger partial charge in [0, 0.05) is 5.56 Å². The molecule has 2 aromatic rings. The van der Waals surface area contributed by atoms with Crippen LogP contribution in [0.1, 0.15) is 15.2 Å². The molecule has 0 aliphatic carbocycles. The van der Waals surface area contributed by atoms with Crippen molar-refractivity contribution in [1.82, 2.24) is 0 Å². The Bertz CT molecular complexity index is 655. The largest absolute Gasteiger partial charge is 0.320 e. The molecule has 5 heteroatoms. The van der Waals surface area contributed by atoms with E-state index in [4.69, 9.17) is 5.73 Å². The van der Waals surface area contributed by atoms with E-state index in [2.05, 4.69) is 17.2 Å². The third-order valence-corrected chi connectivity index (χ3v) is 3.23. The Morgan fingerprint density at radius 1 is 1.37 bits per heavy atom. The highest BCUT2D eigenvalue weighted by molar-refractivity contribution is 7.12. The van der Waals surface area contributed by atoms with Crippen LogP contribution in [0.5, 0.6) is 0 Å². The van der Waals surface area contributed by atoms with Crippen molar-refractivity contribution in [2.24, 2.45) is 5.73 Å². The van der Waals surface area contributed by atoms with E-state index < -0.39 is 5.82 Å². The maximum Gasteiger partial charge on any atom is 0.267 e. The summed E-state index contributed by atoms with van der Waals surface area (Å²) in [5.74, 6) is 4.66. The Hall–Kier alpha value is -2.16. The molecule has 0 radical (unpaired) electrons. The Morgan fingerprint density at radius 3 is 2.89 bits per heavy atom. The fourth-order valence-electron chi connectivity index (χ4n) is 1.47. The van der Waals surface area contributed by atoms with Crippen molar-refractivity contribution in [2.75, 3.05) is 11.9 Å². The summed E-state index contributed by atoms with van der Waals surface area (Å²) in [6.45, 7) is 0.226. The van der Waals surface area contributed by atoms with E-state index in [0.29, 0.717) is 10.4 Å². The van der Waals surface area contributed by atoms with Crippen molar-refractivity contribution < 1.29 is 9.18 Å². The minimum absolute atomic E-state index is 0.152. The minimum Gasteiger partial charge on any atom is -0.320 e. The molecule has 0 saturated carbocycles. The van der Waals surface area contributed by atoms with Crippen LogP contribution in [0.15, 0.2) is 35.7 Å². The van der Waals surface area contributed by atoms with Gasteiger partial charge in [0.25, 0.3) is 5.91 Å². The van der Waals surface area contributed by atoms with E-state index in [1.807, 2.05) is 0 Å². The first kappa shape index (κ1) is 13.3. The molecular weight excluding hydrogens is 263 g/mol. The molecule has 19 heavy (non-hydrogen) atoms. The molecule has 3 N–H and O–H groups in total. The molecule has 0 saturated heterocycles. The molecule has 0 atom stereocenters. The zero-order valence-corrected chi connectivity index (χ0v) is 10.8. The molecule has 1 aromatic carbocycles. The van der Waals surface area contributed by atoms with Gasteiger partial charge in [0.15, 0.2) is 0 Å². The second-order valence-electron chi connectivity index (χ2n) is 3.60. The van der Waals surface area contributed by atoms with Gasteiger partial charge >= 0.3 is 0 Å². The number of hydrogen-bond donors (Lipinski definition) is 2. The van der Waals surface area contributed by atoms with E-state index in [0.717, 1.165) is 0 Å². The monoisotopic (exact) mass is 274 g/mol.